The summed E-state index contributed by atoms with van der Waals surface area (Å²) >= 11 is 0. The normalized spacial score (nSPS) is 10.3. The number of carbonyl (C=O) groups excluding carboxylic acids is 1. The lowest BCUT2D eigenvalue weighted by molar-refractivity contribution is -0.383. The summed E-state index contributed by atoms with van der Waals surface area (Å²) in [5.74, 6) is -0.299. The highest BCUT2D eigenvalue weighted by Gasteiger charge is 2.15. The molecule has 3 N–H and O–H groups in total. The van der Waals surface area contributed by atoms with E-state index in [0.29, 0.717) is 6.54 Å². The number of carbonyl (C=O) groups is 1. The second kappa shape index (κ2) is 8.94. The lowest BCUT2D eigenvalue weighted by atomic mass is 10.1. The van der Waals surface area contributed by atoms with Crippen LogP contribution in [0.1, 0.15) is 55.8 Å². The van der Waals surface area contributed by atoms with Crippen molar-refractivity contribution in [2.24, 2.45) is 0 Å². The standard InChI is InChI=1S/C15H23N3O3/c1-2-3-4-5-6-7-10-17-15(19)12-8-9-13(16)14(11-12)18(20)21/h8-9,11H,2-7,10,16H2,1H3,(H,17,19). The summed E-state index contributed by atoms with van der Waals surface area (Å²) in [6, 6.07) is 4.10. The van der Waals surface area contributed by atoms with Crippen LogP contribution in [0.25, 0.3) is 0 Å². The zero-order chi connectivity index (χ0) is 15.7. The van der Waals surface area contributed by atoms with Crippen molar-refractivity contribution in [3.05, 3.63) is 33.9 Å². The van der Waals surface area contributed by atoms with Gasteiger partial charge in [-0.2, -0.15) is 0 Å². The summed E-state index contributed by atoms with van der Waals surface area (Å²) in [5.41, 5.74) is 5.59. The summed E-state index contributed by atoms with van der Waals surface area (Å²) in [6.45, 7) is 2.76. The molecule has 116 valence electrons. The van der Waals surface area contributed by atoms with Gasteiger partial charge in [0.1, 0.15) is 5.69 Å². The molecule has 0 radical (unpaired) electrons. The van der Waals surface area contributed by atoms with Gasteiger partial charge in [-0.15, -0.1) is 0 Å². The molecule has 0 aliphatic rings. The van der Waals surface area contributed by atoms with Crippen molar-refractivity contribution in [3.63, 3.8) is 0 Å². The topological polar surface area (TPSA) is 98.3 Å². The molecule has 0 aromatic heterocycles. The fourth-order valence-corrected chi connectivity index (χ4v) is 2.05. The van der Waals surface area contributed by atoms with Gasteiger partial charge in [-0.25, -0.2) is 0 Å². The molecule has 6 heteroatoms. The molecular weight excluding hydrogens is 270 g/mol. The zero-order valence-corrected chi connectivity index (χ0v) is 12.4. The second-order valence-corrected chi connectivity index (χ2v) is 5.05. The number of hydrogen-bond acceptors (Lipinski definition) is 4. The number of nitro benzene ring substituents is 1. The number of rotatable bonds is 9. The molecule has 0 saturated heterocycles. The van der Waals surface area contributed by atoms with Crippen LogP contribution >= 0.6 is 0 Å². The molecule has 1 rings (SSSR count). The molecule has 0 unspecified atom stereocenters. The van der Waals surface area contributed by atoms with Crippen LogP contribution in [0.4, 0.5) is 11.4 Å². The largest absolute Gasteiger partial charge is 0.393 e. The SMILES string of the molecule is CCCCCCCCNC(=O)c1ccc(N)c([N+](=O)[O-])c1. The molecule has 0 saturated carbocycles. The Bertz CT molecular complexity index is 489. The Morgan fingerprint density at radius 1 is 1.24 bits per heavy atom. The lowest BCUT2D eigenvalue weighted by Gasteiger charge is -2.06. The van der Waals surface area contributed by atoms with Gasteiger partial charge in [-0.3, -0.25) is 14.9 Å². The van der Waals surface area contributed by atoms with E-state index in [1.165, 1.54) is 43.9 Å². The number of anilines is 1. The van der Waals surface area contributed by atoms with Crippen LogP contribution in [0.3, 0.4) is 0 Å². The Hall–Kier alpha value is -2.11. The highest BCUT2D eigenvalue weighted by Crippen LogP contribution is 2.22. The van der Waals surface area contributed by atoms with Crippen LogP contribution in [0, 0.1) is 10.1 Å². The van der Waals surface area contributed by atoms with Crippen molar-refractivity contribution in [2.75, 3.05) is 12.3 Å². The number of amides is 1. The van der Waals surface area contributed by atoms with Crippen LogP contribution in [-0.4, -0.2) is 17.4 Å². The monoisotopic (exact) mass is 293 g/mol. The van der Waals surface area contributed by atoms with Crippen LogP contribution in [-0.2, 0) is 0 Å². The number of hydrogen-bond donors (Lipinski definition) is 2. The Morgan fingerprint density at radius 3 is 2.57 bits per heavy atom. The molecule has 0 atom stereocenters. The van der Waals surface area contributed by atoms with Crippen molar-refractivity contribution in [1.82, 2.24) is 5.32 Å². The van der Waals surface area contributed by atoms with Gasteiger partial charge in [-0.05, 0) is 18.6 Å². The Kier molecular flexibility index (Phi) is 7.21. The smallest absolute Gasteiger partial charge is 0.292 e. The highest BCUT2D eigenvalue weighted by molar-refractivity contribution is 5.95. The van der Waals surface area contributed by atoms with E-state index in [4.69, 9.17) is 5.73 Å². The molecule has 0 heterocycles. The number of nitro groups is 1. The first-order chi connectivity index (χ1) is 10.1. The zero-order valence-electron chi connectivity index (χ0n) is 12.4. The minimum Gasteiger partial charge on any atom is -0.393 e. The minimum atomic E-state index is -0.583. The Morgan fingerprint density at radius 2 is 1.90 bits per heavy atom. The molecule has 0 spiro atoms. The molecule has 1 aromatic rings. The van der Waals surface area contributed by atoms with Gasteiger partial charge in [0.25, 0.3) is 11.6 Å². The molecule has 21 heavy (non-hydrogen) atoms. The molecule has 0 bridgehead atoms. The van der Waals surface area contributed by atoms with E-state index in [2.05, 4.69) is 12.2 Å². The number of unbranched alkanes of at least 4 members (excludes halogenated alkanes) is 5. The third-order valence-electron chi connectivity index (χ3n) is 3.31. The van der Waals surface area contributed by atoms with E-state index in [9.17, 15) is 14.9 Å². The van der Waals surface area contributed by atoms with E-state index in [-0.39, 0.29) is 22.8 Å². The second-order valence-electron chi connectivity index (χ2n) is 5.05. The van der Waals surface area contributed by atoms with Gasteiger partial charge in [0.05, 0.1) is 4.92 Å². The van der Waals surface area contributed by atoms with Gasteiger partial charge in [0.2, 0.25) is 0 Å². The van der Waals surface area contributed by atoms with Crippen molar-refractivity contribution in [1.29, 1.82) is 0 Å². The Balaban J connectivity index is 2.39. The van der Waals surface area contributed by atoms with Crippen molar-refractivity contribution >= 4 is 17.3 Å². The van der Waals surface area contributed by atoms with E-state index in [0.717, 1.165) is 12.8 Å². The van der Waals surface area contributed by atoms with Gasteiger partial charge in [0.15, 0.2) is 0 Å². The predicted octanol–water partition coefficient (Wildman–Crippen LogP) is 3.27. The van der Waals surface area contributed by atoms with Crippen LogP contribution in [0.5, 0.6) is 0 Å². The van der Waals surface area contributed by atoms with Crippen molar-refractivity contribution < 1.29 is 9.72 Å². The molecule has 1 aromatic carbocycles. The summed E-state index contributed by atoms with van der Waals surface area (Å²) in [5, 5.41) is 13.5. The number of nitrogen functional groups attached to an aromatic ring is 1. The summed E-state index contributed by atoms with van der Waals surface area (Å²) < 4.78 is 0. The maximum absolute atomic E-state index is 11.9. The highest BCUT2D eigenvalue weighted by atomic mass is 16.6. The van der Waals surface area contributed by atoms with Gasteiger partial charge in [0, 0.05) is 18.2 Å². The third kappa shape index (κ3) is 5.81. The van der Waals surface area contributed by atoms with Gasteiger partial charge in [-0.1, -0.05) is 39.0 Å². The number of nitrogens with one attached hydrogen (secondary N) is 1. The first kappa shape index (κ1) is 16.9. The van der Waals surface area contributed by atoms with Crippen LogP contribution in [0.15, 0.2) is 18.2 Å². The fraction of sp³-hybridized carbons (Fsp3) is 0.533. The molecular formula is C15H23N3O3. The number of nitrogens with two attached hydrogens (primary N) is 1. The van der Waals surface area contributed by atoms with E-state index in [1.807, 2.05) is 0 Å². The fourth-order valence-electron chi connectivity index (χ4n) is 2.05. The average molecular weight is 293 g/mol. The molecule has 0 aliphatic carbocycles. The Labute approximate surface area is 124 Å². The lowest BCUT2D eigenvalue weighted by Crippen LogP contribution is -2.24. The summed E-state index contributed by atoms with van der Waals surface area (Å²) in [4.78, 5) is 22.1. The van der Waals surface area contributed by atoms with E-state index >= 15 is 0 Å². The minimum absolute atomic E-state index is 0.0625. The quantitative estimate of drug-likeness (QED) is 0.316. The molecule has 1 amide bonds. The average Bonchev–Trinajstić information content (AvgIpc) is 2.46. The number of nitrogens with zero attached hydrogens (tertiary/aromatic N) is 1. The van der Waals surface area contributed by atoms with Crippen molar-refractivity contribution in [2.45, 2.75) is 45.4 Å². The van der Waals surface area contributed by atoms with Gasteiger partial charge < -0.3 is 11.1 Å². The molecule has 0 fully saturated rings. The molecule has 6 nitrogen and oxygen atoms in total. The van der Waals surface area contributed by atoms with Crippen LogP contribution in [0.2, 0.25) is 0 Å². The van der Waals surface area contributed by atoms with E-state index < -0.39 is 4.92 Å². The molecule has 0 aliphatic heterocycles. The number of benzene rings is 1. The first-order valence-corrected chi connectivity index (χ1v) is 7.38. The summed E-state index contributed by atoms with van der Waals surface area (Å²) in [7, 11) is 0. The van der Waals surface area contributed by atoms with Crippen LogP contribution < -0.4 is 11.1 Å². The predicted molar refractivity (Wildman–Crippen MR) is 83.2 cm³/mol. The summed E-state index contributed by atoms with van der Waals surface area (Å²) in [6.07, 6.45) is 6.88. The van der Waals surface area contributed by atoms with Crippen molar-refractivity contribution in [3.8, 4) is 0 Å². The van der Waals surface area contributed by atoms with E-state index in [1.54, 1.807) is 0 Å². The maximum Gasteiger partial charge on any atom is 0.292 e. The van der Waals surface area contributed by atoms with Gasteiger partial charge >= 0.3 is 0 Å². The maximum atomic E-state index is 11.9. The first-order valence-electron chi connectivity index (χ1n) is 7.38. The third-order valence-corrected chi connectivity index (χ3v) is 3.31.